The molecule has 0 aromatic rings. The molecule has 0 heterocycles. The second-order valence-electron chi connectivity index (χ2n) is 3.42. The maximum absolute atomic E-state index is 11.6. The monoisotopic (exact) mass is 202 g/mol. The molecule has 0 spiro atoms. The zero-order valence-corrected chi connectivity index (χ0v) is 9.45. The Morgan fingerprint density at radius 3 is 2.57 bits per heavy atom. The Morgan fingerprint density at radius 2 is 2.14 bits per heavy atom. The van der Waals surface area contributed by atoms with Crippen molar-refractivity contribution in [1.82, 2.24) is 4.90 Å². The molecule has 0 saturated carbocycles. The first kappa shape index (κ1) is 13.4. The van der Waals surface area contributed by atoms with Crippen LogP contribution < -0.4 is 5.73 Å². The van der Waals surface area contributed by atoms with Crippen LogP contribution in [0.25, 0.3) is 0 Å². The summed E-state index contributed by atoms with van der Waals surface area (Å²) in [4.78, 5) is 13.4. The number of hydrogen-bond donors (Lipinski definition) is 1. The van der Waals surface area contributed by atoms with Gasteiger partial charge in [-0.2, -0.15) is 0 Å². The van der Waals surface area contributed by atoms with E-state index < -0.39 is 0 Å². The van der Waals surface area contributed by atoms with Crippen LogP contribution in [0, 0.1) is 0 Å². The van der Waals surface area contributed by atoms with E-state index >= 15 is 0 Å². The topological polar surface area (TPSA) is 55.6 Å². The lowest BCUT2D eigenvalue weighted by molar-refractivity contribution is -0.133. The standard InChI is InChI=1S/C10H22N2O2/c1-4-14-8-5-10(13)12(7-6-11)9(2)3/h9H,4-8,11H2,1-3H3. The predicted octanol–water partition coefficient (Wildman–Crippen LogP) is 0.609. The van der Waals surface area contributed by atoms with Gasteiger partial charge in [-0.05, 0) is 20.8 Å². The third kappa shape index (κ3) is 5.19. The van der Waals surface area contributed by atoms with Crippen molar-refractivity contribution >= 4 is 5.91 Å². The molecular formula is C10H22N2O2. The molecule has 0 radical (unpaired) electrons. The molecule has 1 amide bonds. The number of nitrogens with two attached hydrogens (primary N) is 1. The summed E-state index contributed by atoms with van der Waals surface area (Å²) in [7, 11) is 0. The number of amides is 1. The van der Waals surface area contributed by atoms with Gasteiger partial charge in [-0.1, -0.05) is 0 Å². The maximum Gasteiger partial charge on any atom is 0.225 e. The summed E-state index contributed by atoms with van der Waals surface area (Å²) in [5.74, 6) is 0.124. The summed E-state index contributed by atoms with van der Waals surface area (Å²) in [5, 5.41) is 0. The van der Waals surface area contributed by atoms with E-state index in [1.165, 1.54) is 0 Å². The normalized spacial score (nSPS) is 10.6. The molecular weight excluding hydrogens is 180 g/mol. The molecule has 14 heavy (non-hydrogen) atoms. The summed E-state index contributed by atoms with van der Waals surface area (Å²) < 4.78 is 5.13. The summed E-state index contributed by atoms with van der Waals surface area (Å²) in [6.07, 6.45) is 0.450. The van der Waals surface area contributed by atoms with Crippen LogP contribution in [0.3, 0.4) is 0 Å². The van der Waals surface area contributed by atoms with Crippen LogP contribution in [-0.2, 0) is 9.53 Å². The minimum absolute atomic E-state index is 0.124. The molecule has 0 rings (SSSR count). The van der Waals surface area contributed by atoms with Crippen molar-refractivity contribution in [2.75, 3.05) is 26.3 Å². The van der Waals surface area contributed by atoms with Gasteiger partial charge in [0.2, 0.25) is 5.91 Å². The second kappa shape index (κ2) is 7.76. The molecule has 0 atom stereocenters. The Balaban J connectivity index is 3.89. The van der Waals surface area contributed by atoms with Crippen LogP contribution in [0.5, 0.6) is 0 Å². The molecule has 0 saturated heterocycles. The van der Waals surface area contributed by atoms with Crippen LogP contribution >= 0.6 is 0 Å². The third-order valence-electron chi connectivity index (χ3n) is 1.98. The molecule has 2 N–H and O–H groups in total. The largest absolute Gasteiger partial charge is 0.381 e. The highest BCUT2D eigenvalue weighted by Gasteiger charge is 2.15. The third-order valence-corrected chi connectivity index (χ3v) is 1.98. The van der Waals surface area contributed by atoms with Crippen molar-refractivity contribution < 1.29 is 9.53 Å². The molecule has 0 fully saturated rings. The lowest BCUT2D eigenvalue weighted by atomic mass is 10.2. The average Bonchev–Trinajstić information content (AvgIpc) is 2.13. The Morgan fingerprint density at radius 1 is 1.50 bits per heavy atom. The van der Waals surface area contributed by atoms with Gasteiger partial charge in [-0.25, -0.2) is 0 Å². The highest BCUT2D eigenvalue weighted by molar-refractivity contribution is 5.76. The fourth-order valence-corrected chi connectivity index (χ4v) is 1.26. The van der Waals surface area contributed by atoms with E-state index in [0.29, 0.717) is 32.7 Å². The Bertz CT molecular complexity index is 160. The summed E-state index contributed by atoms with van der Waals surface area (Å²) in [5.41, 5.74) is 5.43. The van der Waals surface area contributed by atoms with Crippen molar-refractivity contribution in [3.63, 3.8) is 0 Å². The fraction of sp³-hybridized carbons (Fsp3) is 0.900. The van der Waals surface area contributed by atoms with Gasteiger partial charge in [0.15, 0.2) is 0 Å². The predicted molar refractivity (Wildman–Crippen MR) is 57.0 cm³/mol. The fourth-order valence-electron chi connectivity index (χ4n) is 1.26. The number of carbonyl (C=O) groups is 1. The van der Waals surface area contributed by atoms with Gasteiger partial charge >= 0.3 is 0 Å². The van der Waals surface area contributed by atoms with Gasteiger partial charge in [0, 0.05) is 25.7 Å². The van der Waals surface area contributed by atoms with Gasteiger partial charge in [-0.15, -0.1) is 0 Å². The number of rotatable bonds is 7. The van der Waals surface area contributed by atoms with Crippen molar-refractivity contribution in [3.05, 3.63) is 0 Å². The lowest BCUT2D eigenvalue weighted by Gasteiger charge is -2.26. The molecule has 0 unspecified atom stereocenters. The van der Waals surface area contributed by atoms with Gasteiger partial charge < -0.3 is 15.4 Å². The summed E-state index contributed by atoms with van der Waals surface area (Å²) >= 11 is 0. The summed E-state index contributed by atoms with van der Waals surface area (Å²) in [6.45, 7) is 8.21. The molecule has 0 aliphatic rings. The Kier molecular flexibility index (Phi) is 7.42. The summed E-state index contributed by atoms with van der Waals surface area (Å²) in [6, 6.07) is 0.215. The van der Waals surface area contributed by atoms with Crippen LogP contribution in [-0.4, -0.2) is 43.2 Å². The van der Waals surface area contributed by atoms with E-state index in [2.05, 4.69) is 0 Å². The van der Waals surface area contributed by atoms with Crippen LogP contribution in [0.2, 0.25) is 0 Å². The van der Waals surface area contributed by atoms with E-state index in [0.717, 1.165) is 0 Å². The van der Waals surface area contributed by atoms with E-state index in [1.54, 1.807) is 4.90 Å². The number of carbonyl (C=O) groups excluding carboxylic acids is 1. The Hall–Kier alpha value is -0.610. The molecule has 0 bridgehead atoms. The highest BCUT2D eigenvalue weighted by atomic mass is 16.5. The first-order valence-electron chi connectivity index (χ1n) is 5.20. The maximum atomic E-state index is 11.6. The Labute approximate surface area is 86.4 Å². The number of nitrogens with zero attached hydrogens (tertiary/aromatic N) is 1. The van der Waals surface area contributed by atoms with Gasteiger partial charge in [0.25, 0.3) is 0 Å². The molecule has 0 aromatic heterocycles. The number of hydrogen-bond acceptors (Lipinski definition) is 3. The van der Waals surface area contributed by atoms with Crippen LogP contribution in [0.4, 0.5) is 0 Å². The SMILES string of the molecule is CCOCCC(=O)N(CCN)C(C)C. The van der Waals surface area contributed by atoms with Gasteiger partial charge in [0.1, 0.15) is 0 Å². The zero-order valence-electron chi connectivity index (χ0n) is 9.45. The smallest absolute Gasteiger partial charge is 0.225 e. The van der Waals surface area contributed by atoms with Gasteiger partial charge in [0.05, 0.1) is 13.0 Å². The average molecular weight is 202 g/mol. The molecule has 0 aromatic carbocycles. The zero-order chi connectivity index (χ0) is 11.0. The molecule has 4 heteroatoms. The lowest BCUT2D eigenvalue weighted by Crippen LogP contribution is -2.40. The first-order valence-corrected chi connectivity index (χ1v) is 5.20. The minimum Gasteiger partial charge on any atom is -0.381 e. The van der Waals surface area contributed by atoms with Crippen molar-refractivity contribution in [3.8, 4) is 0 Å². The molecule has 4 nitrogen and oxygen atoms in total. The van der Waals surface area contributed by atoms with Crippen molar-refractivity contribution in [2.24, 2.45) is 5.73 Å². The molecule has 84 valence electrons. The van der Waals surface area contributed by atoms with Crippen LogP contribution in [0.15, 0.2) is 0 Å². The molecule has 0 aliphatic heterocycles. The second-order valence-corrected chi connectivity index (χ2v) is 3.42. The molecule has 0 aliphatic carbocycles. The quantitative estimate of drug-likeness (QED) is 0.615. The van der Waals surface area contributed by atoms with Crippen LogP contribution in [0.1, 0.15) is 27.2 Å². The van der Waals surface area contributed by atoms with E-state index in [9.17, 15) is 4.79 Å². The van der Waals surface area contributed by atoms with E-state index in [-0.39, 0.29) is 11.9 Å². The van der Waals surface area contributed by atoms with Crippen molar-refractivity contribution in [1.29, 1.82) is 0 Å². The minimum atomic E-state index is 0.124. The first-order chi connectivity index (χ1) is 6.63. The highest BCUT2D eigenvalue weighted by Crippen LogP contribution is 2.01. The van der Waals surface area contributed by atoms with Crippen molar-refractivity contribution in [2.45, 2.75) is 33.2 Å². The van der Waals surface area contributed by atoms with E-state index in [4.69, 9.17) is 10.5 Å². The van der Waals surface area contributed by atoms with Gasteiger partial charge in [-0.3, -0.25) is 4.79 Å². The number of ether oxygens (including phenoxy) is 1. The van der Waals surface area contributed by atoms with E-state index in [1.807, 2.05) is 20.8 Å².